The SMILES string of the molecule is CC(C)COc1ccc(NC(=O)C(C)CN)cc1Cl.Cl. The molecular weight excluding hydrogens is 299 g/mol. The van der Waals surface area contributed by atoms with E-state index in [1.807, 2.05) is 0 Å². The molecule has 1 atom stereocenters. The van der Waals surface area contributed by atoms with Gasteiger partial charge in [0.25, 0.3) is 0 Å². The predicted molar refractivity (Wildman–Crippen MR) is 85.9 cm³/mol. The summed E-state index contributed by atoms with van der Waals surface area (Å²) in [4.78, 5) is 11.7. The van der Waals surface area contributed by atoms with Crippen LogP contribution in [0.4, 0.5) is 5.69 Å². The lowest BCUT2D eigenvalue weighted by Crippen LogP contribution is -2.26. The molecule has 0 fully saturated rings. The van der Waals surface area contributed by atoms with Crippen LogP contribution in [0.5, 0.6) is 5.75 Å². The van der Waals surface area contributed by atoms with E-state index in [1.54, 1.807) is 25.1 Å². The lowest BCUT2D eigenvalue weighted by molar-refractivity contribution is -0.119. The van der Waals surface area contributed by atoms with Crippen molar-refractivity contribution >= 4 is 35.6 Å². The third-order valence-electron chi connectivity index (χ3n) is 2.57. The maximum atomic E-state index is 11.7. The average molecular weight is 321 g/mol. The first-order chi connectivity index (χ1) is 8.93. The van der Waals surface area contributed by atoms with Gasteiger partial charge in [0.1, 0.15) is 5.75 Å². The minimum Gasteiger partial charge on any atom is -0.492 e. The zero-order valence-electron chi connectivity index (χ0n) is 12.0. The molecule has 0 heterocycles. The highest BCUT2D eigenvalue weighted by Crippen LogP contribution is 2.28. The van der Waals surface area contributed by atoms with Crippen LogP contribution in [0.3, 0.4) is 0 Å². The van der Waals surface area contributed by atoms with E-state index >= 15 is 0 Å². The van der Waals surface area contributed by atoms with Gasteiger partial charge in [-0.15, -0.1) is 12.4 Å². The number of halogens is 2. The zero-order valence-corrected chi connectivity index (χ0v) is 13.6. The number of rotatable bonds is 6. The topological polar surface area (TPSA) is 64.3 Å². The van der Waals surface area contributed by atoms with E-state index in [0.717, 1.165) is 0 Å². The zero-order chi connectivity index (χ0) is 14.4. The molecule has 0 bridgehead atoms. The smallest absolute Gasteiger partial charge is 0.228 e. The Bertz CT molecular complexity index is 439. The number of nitrogens with two attached hydrogens (primary N) is 1. The van der Waals surface area contributed by atoms with E-state index in [0.29, 0.717) is 35.5 Å². The second-order valence-corrected chi connectivity index (χ2v) is 5.38. The number of hydrogen-bond donors (Lipinski definition) is 2. The van der Waals surface area contributed by atoms with Crippen molar-refractivity contribution < 1.29 is 9.53 Å². The highest BCUT2D eigenvalue weighted by atomic mass is 35.5. The fourth-order valence-corrected chi connectivity index (χ4v) is 1.56. The summed E-state index contributed by atoms with van der Waals surface area (Å²) in [6, 6.07) is 5.20. The summed E-state index contributed by atoms with van der Waals surface area (Å²) >= 11 is 6.11. The predicted octanol–water partition coefficient (Wildman–Crippen LogP) is 3.33. The van der Waals surface area contributed by atoms with Gasteiger partial charge in [-0.25, -0.2) is 0 Å². The van der Waals surface area contributed by atoms with Gasteiger partial charge in [-0.05, 0) is 24.1 Å². The molecule has 0 radical (unpaired) electrons. The Hall–Kier alpha value is -0.970. The van der Waals surface area contributed by atoms with Crippen LogP contribution < -0.4 is 15.8 Å². The summed E-state index contributed by atoms with van der Waals surface area (Å²) in [5.41, 5.74) is 6.09. The van der Waals surface area contributed by atoms with Crippen molar-refractivity contribution in [2.24, 2.45) is 17.6 Å². The largest absolute Gasteiger partial charge is 0.492 e. The molecule has 1 aromatic carbocycles. The quantitative estimate of drug-likeness (QED) is 0.845. The summed E-state index contributed by atoms with van der Waals surface area (Å²) in [6.45, 7) is 6.83. The van der Waals surface area contributed by atoms with E-state index < -0.39 is 0 Å². The van der Waals surface area contributed by atoms with Gasteiger partial charge in [-0.1, -0.05) is 32.4 Å². The van der Waals surface area contributed by atoms with Crippen molar-refractivity contribution in [3.63, 3.8) is 0 Å². The van der Waals surface area contributed by atoms with Crippen molar-refractivity contribution in [3.8, 4) is 5.75 Å². The maximum Gasteiger partial charge on any atom is 0.228 e. The third-order valence-corrected chi connectivity index (χ3v) is 2.87. The number of carbonyl (C=O) groups excluding carboxylic acids is 1. The van der Waals surface area contributed by atoms with Crippen LogP contribution in [0.2, 0.25) is 5.02 Å². The molecule has 0 aromatic heterocycles. The van der Waals surface area contributed by atoms with E-state index in [1.165, 1.54) is 0 Å². The standard InChI is InChI=1S/C14H21ClN2O2.ClH/c1-9(2)8-19-13-5-4-11(6-12(13)15)17-14(18)10(3)7-16;/h4-6,9-10H,7-8,16H2,1-3H3,(H,17,18);1H. The molecule has 0 saturated carbocycles. The van der Waals surface area contributed by atoms with E-state index in [9.17, 15) is 4.79 Å². The van der Waals surface area contributed by atoms with Crippen LogP contribution in [0, 0.1) is 11.8 Å². The molecule has 1 rings (SSSR count). The number of amides is 1. The van der Waals surface area contributed by atoms with Crippen LogP contribution in [-0.4, -0.2) is 19.1 Å². The Balaban J connectivity index is 0.00000361. The molecular formula is C14H22Cl2N2O2. The van der Waals surface area contributed by atoms with Crippen LogP contribution >= 0.6 is 24.0 Å². The Labute approximate surface area is 131 Å². The molecule has 114 valence electrons. The Morgan fingerprint density at radius 1 is 1.40 bits per heavy atom. The molecule has 1 amide bonds. The van der Waals surface area contributed by atoms with Crippen molar-refractivity contribution in [2.75, 3.05) is 18.5 Å². The van der Waals surface area contributed by atoms with Gasteiger partial charge in [0.2, 0.25) is 5.91 Å². The highest BCUT2D eigenvalue weighted by molar-refractivity contribution is 6.32. The lowest BCUT2D eigenvalue weighted by atomic mass is 10.1. The normalized spacial score (nSPS) is 11.7. The highest BCUT2D eigenvalue weighted by Gasteiger charge is 2.12. The molecule has 0 aliphatic heterocycles. The van der Waals surface area contributed by atoms with Crippen LogP contribution in [0.1, 0.15) is 20.8 Å². The van der Waals surface area contributed by atoms with Crippen LogP contribution in [-0.2, 0) is 4.79 Å². The molecule has 0 saturated heterocycles. The number of nitrogens with one attached hydrogen (secondary N) is 1. The second-order valence-electron chi connectivity index (χ2n) is 4.98. The number of anilines is 1. The van der Waals surface area contributed by atoms with Crippen LogP contribution in [0.25, 0.3) is 0 Å². The second kappa shape index (κ2) is 9.06. The van der Waals surface area contributed by atoms with Crippen molar-refractivity contribution in [2.45, 2.75) is 20.8 Å². The fraction of sp³-hybridized carbons (Fsp3) is 0.500. The number of benzene rings is 1. The summed E-state index contributed by atoms with van der Waals surface area (Å²) in [5.74, 6) is 0.714. The molecule has 1 unspecified atom stereocenters. The molecule has 0 aliphatic rings. The molecule has 1 aromatic rings. The third kappa shape index (κ3) is 5.99. The molecule has 0 aliphatic carbocycles. The molecule has 0 spiro atoms. The van der Waals surface area contributed by atoms with Gasteiger partial charge in [-0.3, -0.25) is 4.79 Å². The monoisotopic (exact) mass is 320 g/mol. The molecule has 4 nitrogen and oxygen atoms in total. The van der Waals surface area contributed by atoms with Gasteiger partial charge in [0.05, 0.1) is 11.6 Å². The fourth-order valence-electron chi connectivity index (χ4n) is 1.32. The Morgan fingerprint density at radius 3 is 2.55 bits per heavy atom. The van der Waals surface area contributed by atoms with Gasteiger partial charge < -0.3 is 15.8 Å². The van der Waals surface area contributed by atoms with E-state index in [-0.39, 0.29) is 24.2 Å². The van der Waals surface area contributed by atoms with Gasteiger partial charge in [0, 0.05) is 18.2 Å². The first-order valence-corrected chi connectivity index (χ1v) is 6.75. The van der Waals surface area contributed by atoms with E-state index in [2.05, 4.69) is 19.2 Å². The number of ether oxygens (including phenoxy) is 1. The summed E-state index contributed by atoms with van der Waals surface area (Å²) < 4.78 is 5.56. The van der Waals surface area contributed by atoms with Gasteiger partial charge >= 0.3 is 0 Å². The van der Waals surface area contributed by atoms with Crippen LogP contribution in [0.15, 0.2) is 18.2 Å². The minimum atomic E-state index is -0.226. The van der Waals surface area contributed by atoms with E-state index in [4.69, 9.17) is 22.1 Å². The van der Waals surface area contributed by atoms with Crippen molar-refractivity contribution in [1.82, 2.24) is 0 Å². The molecule has 6 heteroatoms. The van der Waals surface area contributed by atoms with Gasteiger partial charge in [0.15, 0.2) is 0 Å². The minimum absolute atomic E-state index is 0. The van der Waals surface area contributed by atoms with Gasteiger partial charge in [-0.2, -0.15) is 0 Å². The van der Waals surface area contributed by atoms with Crippen molar-refractivity contribution in [1.29, 1.82) is 0 Å². The number of hydrogen-bond acceptors (Lipinski definition) is 3. The molecule has 3 N–H and O–H groups in total. The average Bonchev–Trinajstić information content (AvgIpc) is 2.36. The lowest BCUT2D eigenvalue weighted by Gasteiger charge is -2.13. The summed E-state index contributed by atoms with van der Waals surface area (Å²) in [5, 5.41) is 3.25. The number of carbonyl (C=O) groups is 1. The first-order valence-electron chi connectivity index (χ1n) is 6.37. The summed E-state index contributed by atoms with van der Waals surface area (Å²) in [6.07, 6.45) is 0. The first kappa shape index (κ1) is 19.0. The summed E-state index contributed by atoms with van der Waals surface area (Å²) in [7, 11) is 0. The molecule has 20 heavy (non-hydrogen) atoms. The Morgan fingerprint density at radius 2 is 2.05 bits per heavy atom. The maximum absolute atomic E-state index is 11.7. The Kier molecular flexibility index (Phi) is 8.62. The van der Waals surface area contributed by atoms with Crippen molar-refractivity contribution in [3.05, 3.63) is 23.2 Å².